The number of rotatable bonds is 7. The minimum absolute atomic E-state index is 0.0205. The smallest absolute Gasteiger partial charge is 0.387 e. The van der Waals surface area contributed by atoms with Crippen LogP contribution in [-0.2, 0) is 9.53 Å². The maximum atomic E-state index is 13.3. The zero-order chi connectivity index (χ0) is 25.9. The van der Waals surface area contributed by atoms with Crippen molar-refractivity contribution in [3.05, 3.63) is 53.6 Å². The molecule has 1 fully saturated rings. The lowest BCUT2D eigenvalue weighted by atomic mass is 10.1. The summed E-state index contributed by atoms with van der Waals surface area (Å²) in [6, 6.07) is 3.93. The number of ether oxygens (including phenoxy) is 2. The van der Waals surface area contributed by atoms with E-state index in [1.807, 2.05) is 0 Å². The summed E-state index contributed by atoms with van der Waals surface area (Å²) in [4.78, 5) is 34.3. The molecule has 2 aromatic heterocycles. The second-order valence-corrected chi connectivity index (χ2v) is 9.11. The lowest BCUT2D eigenvalue weighted by Gasteiger charge is -2.21. The summed E-state index contributed by atoms with van der Waals surface area (Å²) in [5.74, 6) is -0.538. The number of nitrogens with zero attached hydrogens (tertiary/aromatic N) is 4. The molecule has 0 radical (unpaired) electrons. The Morgan fingerprint density at radius 2 is 2.27 bits per heavy atom. The number of nitrogens with one attached hydrogen (secondary N) is 2. The summed E-state index contributed by atoms with van der Waals surface area (Å²) in [7, 11) is 0. The van der Waals surface area contributed by atoms with Gasteiger partial charge in [0.2, 0.25) is 0 Å². The number of alkyl halides is 2. The molecule has 2 aliphatic heterocycles. The maximum absolute atomic E-state index is 13.3. The molecule has 1 aromatic carbocycles. The van der Waals surface area contributed by atoms with E-state index >= 15 is 0 Å². The van der Waals surface area contributed by atoms with Gasteiger partial charge in [-0.15, -0.1) is 11.8 Å². The van der Waals surface area contributed by atoms with Crippen LogP contribution in [0.15, 0.2) is 52.4 Å². The summed E-state index contributed by atoms with van der Waals surface area (Å²) in [5, 5.41) is 9.91. The van der Waals surface area contributed by atoms with E-state index in [9.17, 15) is 18.4 Å². The number of aromatic nitrogens is 3. The molecule has 4 N–H and O–H groups in total. The molecule has 0 saturated carbocycles. The fourth-order valence-electron chi connectivity index (χ4n) is 3.84. The number of aliphatic imine (C=N–C) groups is 1. The van der Waals surface area contributed by atoms with Crippen molar-refractivity contribution in [3.63, 3.8) is 0 Å². The van der Waals surface area contributed by atoms with Crippen LogP contribution >= 0.6 is 11.8 Å². The number of fused-ring (bicyclic) bond motifs is 2. The lowest BCUT2D eigenvalue weighted by molar-refractivity contribution is -0.138. The number of anilines is 1. The predicted octanol–water partition coefficient (Wildman–Crippen LogP) is 2.29. The Balaban J connectivity index is 1.57. The predicted molar refractivity (Wildman–Crippen MR) is 132 cm³/mol. The number of esters is 1. The number of hydrogen-bond donors (Lipinski definition) is 3. The number of allylic oxidation sites excluding steroid dienone is 1. The van der Waals surface area contributed by atoms with Crippen molar-refractivity contribution in [3.8, 4) is 5.75 Å². The van der Waals surface area contributed by atoms with Crippen molar-refractivity contribution < 1.29 is 27.8 Å². The van der Waals surface area contributed by atoms with E-state index in [4.69, 9.17) is 15.2 Å². The second kappa shape index (κ2) is 10.4. The topological polar surface area (TPSA) is 145 Å². The molecular formula is C23H21F2N7O4S. The van der Waals surface area contributed by atoms with Crippen LogP contribution in [0.4, 0.5) is 14.5 Å². The van der Waals surface area contributed by atoms with Crippen molar-refractivity contribution in [2.45, 2.75) is 24.0 Å². The monoisotopic (exact) mass is 529 g/mol. The zero-order valence-corrected chi connectivity index (χ0v) is 20.0. The van der Waals surface area contributed by atoms with Crippen LogP contribution in [0, 0.1) is 0 Å². The van der Waals surface area contributed by atoms with E-state index in [2.05, 4.69) is 25.7 Å². The molecule has 5 rings (SSSR count). The summed E-state index contributed by atoms with van der Waals surface area (Å²) in [6.07, 6.45) is 6.06. The SMILES string of the molecule is NC(=C(C=NC1CCOC1=O)NC(=O)c1cnn2cccnc12)c1cc2c(cc1OC(F)F)NCCS2. The van der Waals surface area contributed by atoms with Crippen molar-refractivity contribution in [2.75, 3.05) is 24.2 Å². The van der Waals surface area contributed by atoms with Gasteiger partial charge in [-0.05, 0) is 12.1 Å². The van der Waals surface area contributed by atoms with Gasteiger partial charge >= 0.3 is 12.6 Å². The molecule has 11 nitrogen and oxygen atoms in total. The normalized spacial score (nSPS) is 17.9. The molecule has 3 aromatic rings. The number of carbonyl (C=O) groups is 2. The summed E-state index contributed by atoms with van der Waals surface area (Å²) in [5.41, 5.74) is 7.55. The van der Waals surface area contributed by atoms with Crippen molar-refractivity contribution in [1.82, 2.24) is 19.9 Å². The van der Waals surface area contributed by atoms with Crippen molar-refractivity contribution >= 4 is 46.9 Å². The minimum atomic E-state index is -3.11. The van der Waals surface area contributed by atoms with Crippen molar-refractivity contribution in [2.24, 2.45) is 10.7 Å². The first kappa shape index (κ1) is 24.5. The molecule has 1 atom stereocenters. The average molecular weight is 530 g/mol. The highest BCUT2D eigenvalue weighted by atomic mass is 32.2. The Bertz CT molecular complexity index is 1430. The van der Waals surface area contributed by atoms with Gasteiger partial charge in [-0.2, -0.15) is 13.9 Å². The van der Waals surface area contributed by atoms with E-state index in [0.29, 0.717) is 24.3 Å². The molecule has 1 amide bonds. The third-order valence-electron chi connectivity index (χ3n) is 5.62. The summed E-state index contributed by atoms with van der Waals surface area (Å²) in [6.45, 7) is -2.22. The van der Waals surface area contributed by atoms with Gasteiger partial charge in [0, 0.05) is 53.9 Å². The fraction of sp³-hybridized carbons (Fsp3) is 0.261. The highest BCUT2D eigenvalue weighted by Crippen LogP contribution is 2.39. The third-order valence-corrected chi connectivity index (χ3v) is 6.67. The van der Waals surface area contributed by atoms with Crippen LogP contribution in [0.5, 0.6) is 5.75 Å². The molecule has 1 saturated heterocycles. The number of benzene rings is 1. The Labute approximate surface area is 213 Å². The maximum Gasteiger partial charge on any atom is 0.387 e. The number of amides is 1. The number of thioether (sulfide) groups is 1. The fourth-order valence-corrected chi connectivity index (χ4v) is 4.76. The first-order valence-corrected chi connectivity index (χ1v) is 12.2. The molecule has 0 aliphatic carbocycles. The van der Waals surface area contributed by atoms with Gasteiger partial charge in [-0.25, -0.2) is 14.3 Å². The van der Waals surface area contributed by atoms with Crippen molar-refractivity contribution in [1.29, 1.82) is 0 Å². The quantitative estimate of drug-likeness (QED) is 0.310. The van der Waals surface area contributed by atoms with Crippen LogP contribution in [0.2, 0.25) is 0 Å². The highest BCUT2D eigenvalue weighted by Gasteiger charge is 2.26. The summed E-state index contributed by atoms with van der Waals surface area (Å²) >= 11 is 1.52. The largest absolute Gasteiger partial charge is 0.464 e. The van der Waals surface area contributed by atoms with Gasteiger partial charge in [0.25, 0.3) is 5.91 Å². The molecule has 4 heterocycles. The Kier molecular flexibility index (Phi) is 6.90. The van der Waals surface area contributed by atoms with Gasteiger partial charge < -0.3 is 25.8 Å². The number of cyclic esters (lactones) is 1. The van der Waals surface area contributed by atoms with E-state index in [1.54, 1.807) is 18.3 Å². The molecule has 0 bridgehead atoms. The Hall–Kier alpha value is -4.20. The Morgan fingerprint density at radius 3 is 3.05 bits per heavy atom. The molecule has 14 heteroatoms. The second-order valence-electron chi connectivity index (χ2n) is 7.98. The lowest BCUT2D eigenvalue weighted by Crippen LogP contribution is -2.27. The molecule has 2 aliphatic rings. The van der Waals surface area contributed by atoms with Gasteiger partial charge in [-0.3, -0.25) is 9.79 Å². The van der Waals surface area contributed by atoms with E-state index in [0.717, 1.165) is 10.6 Å². The summed E-state index contributed by atoms with van der Waals surface area (Å²) < 4.78 is 37.7. The molecule has 192 valence electrons. The van der Waals surface area contributed by atoms with Gasteiger partial charge in [0.1, 0.15) is 11.3 Å². The molecule has 0 spiro atoms. The van der Waals surface area contributed by atoms with Crippen LogP contribution in [0.3, 0.4) is 0 Å². The highest BCUT2D eigenvalue weighted by molar-refractivity contribution is 7.99. The molecule has 1 unspecified atom stereocenters. The van der Waals surface area contributed by atoms with Gasteiger partial charge in [0.05, 0.1) is 29.9 Å². The first-order chi connectivity index (χ1) is 17.9. The van der Waals surface area contributed by atoms with Crippen LogP contribution in [-0.4, -0.2) is 64.2 Å². The van der Waals surface area contributed by atoms with E-state index in [1.165, 1.54) is 41.0 Å². The molecular weight excluding hydrogens is 508 g/mol. The number of carbonyl (C=O) groups excluding carboxylic acids is 2. The average Bonchev–Trinajstić information content (AvgIpc) is 3.51. The zero-order valence-electron chi connectivity index (χ0n) is 19.2. The number of halogens is 2. The third kappa shape index (κ3) is 5.18. The van der Waals surface area contributed by atoms with E-state index in [-0.39, 0.29) is 34.9 Å². The van der Waals surface area contributed by atoms with Crippen LogP contribution in [0.25, 0.3) is 11.3 Å². The van der Waals surface area contributed by atoms with E-state index < -0.39 is 24.5 Å². The minimum Gasteiger partial charge on any atom is -0.464 e. The van der Waals surface area contributed by atoms with Gasteiger partial charge in [0.15, 0.2) is 11.7 Å². The van der Waals surface area contributed by atoms with Crippen LogP contribution < -0.4 is 21.1 Å². The molecule has 37 heavy (non-hydrogen) atoms. The number of nitrogens with two attached hydrogens (primary N) is 1. The van der Waals surface area contributed by atoms with Crippen LogP contribution in [0.1, 0.15) is 22.3 Å². The first-order valence-electron chi connectivity index (χ1n) is 11.2. The number of hydrogen-bond acceptors (Lipinski definition) is 10. The Morgan fingerprint density at radius 1 is 1.41 bits per heavy atom. The van der Waals surface area contributed by atoms with Gasteiger partial charge in [-0.1, -0.05) is 0 Å². The standard InChI is InChI=1S/C23H21F2N7O4S/c24-23(25)36-17-9-15-18(37-7-4-27-15)8-12(17)19(26)16(11-29-14-2-6-35-22(14)34)31-21(33)13-10-30-32-5-1-3-28-20(13)32/h1,3,5,8-11,14,23,27H,2,4,6-7,26H2,(H,31,33).